The Morgan fingerprint density at radius 1 is 1.50 bits per heavy atom. The summed E-state index contributed by atoms with van der Waals surface area (Å²) in [5.74, 6) is 0.0594. The molecule has 0 N–H and O–H groups in total. The maximum Gasteiger partial charge on any atom is 0.151 e. The summed E-state index contributed by atoms with van der Waals surface area (Å²) in [6.07, 6.45) is 0.459. The fourth-order valence-corrected chi connectivity index (χ4v) is 2.54. The van der Waals surface area contributed by atoms with Gasteiger partial charge in [0.25, 0.3) is 0 Å². The van der Waals surface area contributed by atoms with Crippen LogP contribution in [0.5, 0.6) is 0 Å². The summed E-state index contributed by atoms with van der Waals surface area (Å²) < 4.78 is 21.1. The number of hydrogen-bond acceptors (Lipinski definition) is 3. The number of carbonyl (C=O) groups is 1. The Morgan fingerprint density at radius 3 is 2.30 bits per heavy atom. The van der Waals surface area contributed by atoms with Crippen molar-refractivity contribution in [3.05, 3.63) is 0 Å². The zero-order chi connectivity index (χ0) is 7.78. The number of hydrogen-bond donors (Lipinski definition) is 0. The van der Waals surface area contributed by atoms with E-state index in [2.05, 4.69) is 0 Å². The third-order valence-electron chi connectivity index (χ3n) is 1.71. The van der Waals surface area contributed by atoms with Gasteiger partial charge in [-0.2, -0.15) is 0 Å². The van der Waals surface area contributed by atoms with Crippen LogP contribution in [-0.4, -0.2) is 25.7 Å². The first-order chi connectivity index (χ1) is 4.55. The van der Waals surface area contributed by atoms with Crippen molar-refractivity contribution >= 4 is 15.6 Å². The molecule has 0 saturated carbocycles. The fourth-order valence-electron chi connectivity index (χ4n) is 1.04. The molecule has 0 spiro atoms. The Labute approximate surface area is 60.3 Å². The van der Waals surface area contributed by atoms with Gasteiger partial charge < -0.3 is 0 Å². The summed E-state index contributed by atoms with van der Waals surface area (Å²) in [6, 6.07) is 0. The molecule has 0 aromatic heterocycles. The van der Waals surface area contributed by atoms with Crippen LogP contribution in [0.4, 0.5) is 0 Å². The van der Waals surface area contributed by atoms with Crippen LogP contribution in [0.15, 0.2) is 0 Å². The lowest BCUT2D eigenvalue weighted by molar-refractivity contribution is -0.121. The fraction of sp³-hybridized carbons (Fsp3) is 0.833. The van der Waals surface area contributed by atoms with Crippen LogP contribution in [-0.2, 0) is 14.6 Å². The van der Waals surface area contributed by atoms with Gasteiger partial charge in [0.2, 0.25) is 0 Å². The van der Waals surface area contributed by atoms with E-state index in [9.17, 15) is 13.2 Å². The molecule has 4 heteroatoms. The molecule has 1 aliphatic heterocycles. The zero-order valence-electron chi connectivity index (χ0n) is 5.83. The van der Waals surface area contributed by atoms with Gasteiger partial charge in [-0.3, -0.25) is 4.79 Å². The zero-order valence-corrected chi connectivity index (χ0v) is 6.65. The molecule has 0 atom stereocenters. The lowest BCUT2D eigenvalue weighted by atomic mass is 10.1. The Balaban J connectivity index is 2.48. The molecule has 1 fully saturated rings. The van der Waals surface area contributed by atoms with E-state index < -0.39 is 9.84 Å². The molecule has 0 radical (unpaired) electrons. The molecule has 0 bridgehead atoms. The van der Waals surface area contributed by atoms with Crippen molar-refractivity contribution in [1.29, 1.82) is 0 Å². The normalized spacial score (nSPS) is 23.7. The summed E-state index contributed by atoms with van der Waals surface area (Å²) >= 11 is 0. The summed E-state index contributed by atoms with van der Waals surface area (Å²) in [4.78, 5) is 10.8. The highest BCUT2D eigenvalue weighted by Gasteiger charge is 2.37. The van der Waals surface area contributed by atoms with Crippen LogP contribution in [0.1, 0.15) is 13.3 Å². The van der Waals surface area contributed by atoms with E-state index in [4.69, 9.17) is 0 Å². The molecule has 1 aliphatic rings. The molecule has 3 nitrogen and oxygen atoms in total. The van der Waals surface area contributed by atoms with Crippen molar-refractivity contribution in [2.45, 2.75) is 13.3 Å². The minimum Gasteiger partial charge on any atom is -0.299 e. The second kappa shape index (κ2) is 2.34. The monoisotopic (exact) mass is 162 g/mol. The Morgan fingerprint density at radius 2 is 2.00 bits per heavy atom. The lowest BCUT2D eigenvalue weighted by Crippen LogP contribution is -2.41. The molecular formula is C6H10O3S. The van der Waals surface area contributed by atoms with Gasteiger partial charge in [-0.05, 0) is 0 Å². The molecule has 1 heterocycles. The van der Waals surface area contributed by atoms with E-state index in [1.807, 2.05) is 0 Å². The van der Waals surface area contributed by atoms with Crippen molar-refractivity contribution in [2.75, 3.05) is 11.5 Å². The predicted molar refractivity (Wildman–Crippen MR) is 37.4 cm³/mol. The Bertz CT molecular complexity index is 228. The van der Waals surface area contributed by atoms with Crippen LogP contribution in [0, 0.1) is 5.92 Å². The van der Waals surface area contributed by atoms with Crippen LogP contribution < -0.4 is 0 Å². The number of ketones is 1. The van der Waals surface area contributed by atoms with Crippen LogP contribution in [0.2, 0.25) is 0 Å². The van der Waals surface area contributed by atoms with Crippen molar-refractivity contribution < 1.29 is 13.2 Å². The number of rotatable bonds is 2. The average molecular weight is 162 g/mol. The van der Waals surface area contributed by atoms with Gasteiger partial charge in [-0.15, -0.1) is 0 Å². The molecule has 0 unspecified atom stereocenters. The number of sulfone groups is 1. The van der Waals surface area contributed by atoms with Gasteiger partial charge in [-0.25, -0.2) is 8.42 Å². The van der Waals surface area contributed by atoms with Crippen LogP contribution in [0.25, 0.3) is 0 Å². The summed E-state index contributed by atoms with van der Waals surface area (Å²) in [5, 5.41) is 0. The quantitative estimate of drug-likeness (QED) is 0.574. The van der Waals surface area contributed by atoms with Gasteiger partial charge in [0.1, 0.15) is 5.78 Å². The van der Waals surface area contributed by atoms with E-state index in [0.717, 1.165) is 0 Å². The molecule has 1 rings (SSSR count). The van der Waals surface area contributed by atoms with E-state index >= 15 is 0 Å². The van der Waals surface area contributed by atoms with Gasteiger partial charge >= 0.3 is 0 Å². The third-order valence-corrected chi connectivity index (χ3v) is 3.53. The topological polar surface area (TPSA) is 51.2 Å². The van der Waals surface area contributed by atoms with Gasteiger partial charge in [0.15, 0.2) is 9.84 Å². The molecule has 0 aromatic carbocycles. The largest absolute Gasteiger partial charge is 0.299 e. The van der Waals surface area contributed by atoms with Crippen LogP contribution >= 0.6 is 0 Å². The summed E-state index contributed by atoms with van der Waals surface area (Å²) in [5.41, 5.74) is 0. The molecule has 1 saturated heterocycles. The highest BCUT2D eigenvalue weighted by molar-refractivity contribution is 7.92. The first-order valence-corrected chi connectivity index (χ1v) is 5.10. The van der Waals surface area contributed by atoms with Crippen LogP contribution in [0.3, 0.4) is 0 Å². The molecular weight excluding hydrogens is 152 g/mol. The maximum atomic E-state index is 10.8. The third kappa shape index (κ3) is 1.37. The smallest absolute Gasteiger partial charge is 0.151 e. The molecule has 0 amide bonds. The van der Waals surface area contributed by atoms with Gasteiger partial charge in [0, 0.05) is 12.3 Å². The summed E-state index contributed by atoms with van der Waals surface area (Å²) in [6.45, 7) is 1.76. The Hall–Kier alpha value is -0.380. The first-order valence-electron chi connectivity index (χ1n) is 3.28. The summed E-state index contributed by atoms with van der Waals surface area (Å²) in [7, 11) is -2.81. The van der Waals surface area contributed by atoms with E-state index in [1.165, 1.54) is 0 Å². The standard InChI is InChI=1S/C6H10O3S/c1-2-6(7)5-3-10(8,9)4-5/h5H,2-4H2,1H3. The predicted octanol–water partition coefficient (Wildman–Crippen LogP) is 0.0101. The van der Waals surface area contributed by atoms with E-state index in [-0.39, 0.29) is 23.2 Å². The van der Waals surface area contributed by atoms with Crippen molar-refractivity contribution in [3.8, 4) is 0 Å². The van der Waals surface area contributed by atoms with E-state index in [1.54, 1.807) is 6.92 Å². The minimum atomic E-state index is -2.81. The van der Waals surface area contributed by atoms with E-state index in [0.29, 0.717) is 6.42 Å². The van der Waals surface area contributed by atoms with Gasteiger partial charge in [0.05, 0.1) is 11.5 Å². The maximum absolute atomic E-state index is 10.8. The SMILES string of the molecule is CCC(=O)C1CS(=O)(=O)C1. The molecule has 10 heavy (non-hydrogen) atoms. The average Bonchev–Trinajstić information content (AvgIpc) is 1.81. The highest BCUT2D eigenvalue weighted by Crippen LogP contribution is 2.19. The number of carbonyl (C=O) groups excluding carboxylic acids is 1. The van der Waals surface area contributed by atoms with Crippen molar-refractivity contribution in [2.24, 2.45) is 5.92 Å². The first kappa shape index (κ1) is 7.72. The van der Waals surface area contributed by atoms with Crippen molar-refractivity contribution in [1.82, 2.24) is 0 Å². The lowest BCUT2D eigenvalue weighted by Gasteiger charge is -2.23. The van der Waals surface area contributed by atoms with Gasteiger partial charge in [-0.1, -0.05) is 6.92 Å². The van der Waals surface area contributed by atoms with Crippen molar-refractivity contribution in [3.63, 3.8) is 0 Å². The molecule has 0 aliphatic carbocycles. The second-order valence-electron chi connectivity index (χ2n) is 2.59. The molecule has 58 valence electrons. The number of Topliss-reactive ketones (excluding diaryl/α,β-unsaturated/α-hetero) is 1. The second-order valence-corrected chi connectivity index (χ2v) is 4.75. The minimum absolute atomic E-state index is 0.0785. The highest BCUT2D eigenvalue weighted by atomic mass is 32.2. The Kier molecular flexibility index (Phi) is 1.81. The molecule has 0 aromatic rings.